The number of hydrogen-bond donors (Lipinski definition) is 1. The first-order valence-electron chi connectivity index (χ1n) is 6.18. The van der Waals surface area contributed by atoms with E-state index >= 15 is 0 Å². The molecule has 7 heteroatoms. The summed E-state index contributed by atoms with van der Waals surface area (Å²) in [7, 11) is -1.34. The van der Waals surface area contributed by atoms with Crippen LogP contribution >= 0.6 is 11.3 Å². The number of amides is 1. The average Bonchev–Trinajstić information content (AvgIpc) is 3.01. The summed E-state index contributed by atoms with van der Waals surface area (Å²) in [5.74, 6) is 5.66. The number of thiophene rings is 1. The number of sulfone groups is 1. The summed E-state index contributed by atoms with van der Waals surface area (Å²) in [5, 5.41) is 1.74. The molecule has 1 aromatic heterocycles. The van der Waals surface area contributed by atoms with Crippen molar-refractivity contribution in [3.8, 4) is 11.8 Å². The Morgan fingerprint density at radius 3 is 2.95 bits per heavy atom. The molecule has 1 unspecified atom stereocenters. The van der Waals surface area contributed by atoms with E-state index in [1.54, 1.807) is 18.5 Å². The number of hydrogen-bond acceptors (Lipinski definition) is 5. The smallest absolute Gasteiger partial charge is 0.254 e. The van der Waals surface area contributed by atoms with Crippen LogP contribution in [0.5, 0.6) is 0 Å². The molecule has 0 radical (unpaired) electrons. The van der Waals surface area contributed by atoms with Gasteiger partial charge in [0, 0.05) is 18.5 Å². The van der Waals surface area contributed by atoms with E-state index in [4.69, 9.17) is 5.73 Å². The average molecular weight is 312 g/mol. The van der Waals surface area contributed by atoms with Gasteiger partial charge >= 0.3 is 0 Å². The Kier molecular flexibility index (Phi) is 4.48. The largest absolute Gasteiger partial charge is 0.338 e. The second kappa shape index (κ2) is 5.95. The number of rotatable bonds is 2. The topological polar surface area (TPSA) is 80.5 Å². The maximum absolute atomic E-state index is 12.3. The fourth-order valence-corrected chi connectivity index (χ4v) is 4.63. The van der Waals surface area contributed by atoms with E-state index in [-0.39, 0.29) is 30.0 Å². The van der Waals surface area contributed by atoms with Crippen molar-refractivity contribution in [3.05, 3.63) is 21.9 Å². The molecule has 0 saturated carbocycles. The minimum Gasteiger partial charge on any atom is -0.338 e. The molecule has 1 amide bonds. The lowest BCUT2D eigenvalue weighted by Crippen LogP contribution is -2.37. The van der Waals surface area contributed by atoms with E-state index in [0.29, 0.717) is 12.0 Å². The lowest BCUT2D eigenvalue weighted by Gasteiger charge is -2.22. The molecular weight excluding hydrogens is 296 g/mol. The Morgan fingerprint density at radius 2 is 2.35 bits per heavy atom. The van der Waals surface area contributed by atoms with Gasteiger partial charge in [0.25, 0.3) is 5.91 Å². The van der Waals surface area contributed by atoms with Crippen molar-refractivity contribution in [3.63, 3.8) is 0 Å². The predicted octanol–water partition coefficient (Wildman–Crippen LogP) is 0.317. The van der Waals surface area contributed by atoms with Gasteiger partial charge in [-0.3, -0.25) is 4.79 Å². The SMILES string of the molecule is CN(C(=O)c1csc(C#CCN)c1)C1CCS(=O)(=O)C1. The molecule has 1 atom stereocenters. The van der Waals surface area contributed by atoms with Gasteiger partial charge in [-0.1, -0.05) is 11.8 Å². The zero-order valence-electron chi connectivity index (χ0n) is 11.1. The van der Waals surface area contributed by atoms with Gasteiger partial charge in [0.1, 0.15) is 0 Å². The number of carbonyl (C=O) groups excluding carboxylic acids is 1. The molecule has 0 spiro atoms. The zero-order valence-corrected chi connectivity index (χ0v) is 12.8. The summed E-state index contributed by atoms with van der Waals surface area (Å²) < 4.78 is 22.9. The fraction of sp³-hybridized carbons (Fsp3) is 0.462. The van der Waals surface area contributed by atoms with Crippen molar-refractivity contribution in [1.29, 1.82) is 0 Å². The Bertz CT molecular complexity index is 667. The van der Waals surface area contributed by atoms with E-state index in [2.05, 4.69) is 11.8 Å². The third-order valence-electron chi connectivity index (χ3n) is 3.24. The van der Waals surface area contributed by atoms with Crippen molar-refractivity contribution in [2.24, 2.45) is 5.73 Å². The lowest BCUT2D eigenvalue weighted by atomic mass is 10.2. The van der Waals surface area contributed by atoms with Gasteiger partial charge in [0.15, 0.2) is 9.84 Å². The number of carbonyl (C=O) groups is 1. The number of nitrogens with two attached hydrogens (primary N) is 1. The molecule has 1 fully saturated rings. The molecule has 0 aliphatic carbocycles. The van der Waals surface area contributed by atoms with Crippen LogP contribution in [0, 0.1) is 11.8 Å². The molecular formula is C13H16N2O3S2. The van der Waals surface area contributed by atoms with Crippen LogP contribution in [-0.2, 0) is 9.84 Å². The fourth-order valence-electron chi connectivity index (χ4n) is 2.10. The van der Waals surface area contributed by atoms with Crippen LogP contribution in [0.4, 0.5) is 0 Å². The van der Waals surface area contributed by atoms with Gasteiger partial charge in [0.05, 0.1) is 28.5 Å². The second-order valence-electron chi connectivity index (χ2n) is 4.68. The predicted molar refractivity (Wildman–Crippen MR) is 79.4 cm³/mol. The first-order valence-corrected chi connectivity index (χ1v) is 8.88. The van der Waals surface area contributed by atoms with Crippen LogP contribution in [0.15, 0.2) is 11.4 Å². The lowest BCUT2D eigenvalue weighted by molar-refractivity contribution is 0.0748. The van der Waals surface area contributed by atoms with Crippen LogP contribution in [0.2, 0.25) is 0 Å². The van der Waals surface area contributed by atoms with Gasteiger partial charge in [-0.05, 0) is 12.5 Å². The Balaban J connectivity index is 2.09. The van der Waals surface area contributed by atoms with E-state index < -0.39 is 9.84 Å². The summed E-state index contributed by atoms with van der Waals surface area (Å²) in [5.41, 5.74) is 5.84. The van der Waals surface area contributed by atoms with Crippen LogP contribution in [0.25, 0.3) is 0 Å². The first kappa shape index (κ1) is 15.0. The summed E-state index contributed by atoms with van der Waals surface area (Å²) in [6.07, 6.45) is 0.508. The van der Waals surface area contributed by atoms with Gasteiger partial charge in [-0.25, -0.2) is 8.42 Å². The van der Waals surface area contributed by atoms with Crippen LogP contribution in [-0.4, -0.2) is 50.4 Å². The maximum atomic E-state index is 12.3. The summed E-state index contributed by atoms with van der Waals surface area (Å²) in [6.45, 7) is 0.279. The van der Waals surface area contributed by atoms with Crippen molar-refractivity contribution >= 4 is 27.1 Å². The molecule has 1 saturated heterocycles. The maximum Gasteiger partial charge on any atom is 0.254 e. The molecule has 108 valence electrons. The minimum absolute atomic E-state index is 0.0548. The monoisotopic (exact) mass is 312 g/mol. The Labute approximate surface area is 122 Å². The van der Waals surface area contributed by atoms with Crippen molar-refractivity contribution in [2.45, 2.75) is 12.5 Å². The molecule has 1 aliphatic heterocycles. The van der Waals surface area contributed by atoms with Gasteiger partial charge in [-0.15, -0.1) is 11.3 Å². The van der Waals surface area contributed by atoms with Crippen molar-refractivity contribution in [1.82, 2.24) is 4.90 Å². The van der Waals surface area contributed by atoms with Crippen LogP contribution in [0.1, 0.15) is 21.7 Å². The number of nitrogens with zero attached hydrogens (tertiary/aromatic N) is 1. The molecule has 1 aliphatic rings. The summed E-state index contributed by atoms with van der Waals surface area (Å²) in [4.78, 5) is 14.6. The highest BCUT2D eigenvalue weighted by Crippen LogP contribution is 2.20. The third kappa shape index (κ3) is 3.39. The first-order chi connectivity index (χ1) is 9.43. The van der Waals surface area contributed by atoms with E-state index in [0.717, 1.165) is 4.88 Å². The quantitative estimate of drug-likeness (QED) is 0.797. The minimum atomic E-state index is -2.99. The molecule has 2 N–H and O–H groups in total. The zero-order chi connectivity index (χ0) is 14.8. The molecule has 20 heavy (non-hydrogen) atoms. The highest BCUT2D eigenvalue weighted by atomic mass is 32.2. The Morgan fingerprint density at radius 1 is 1.60 bits per heavy atom. The highest BCUT2D eigenvalue weighted by molar-refractivity contribution is 7.91. The molecule has 0 aromatic carbocycles. The summed E-state index contributed by atoms with van der Waals surface area (Å²) in [6, 6.07) is 1.49. The molecule has 1 aromatic rings. The standard InChI is InChI=1S/C13H16N2O3S2/c1-15(11-4-6-20(17,18)9-11)13(16)10-7-12(19-8-10)3-2-5-14/h7-8,11H,4-6,9,14H2,1H3. The normalized spacial score (nSPS) is 20.2. The Hall–Kier alpha value is -1.36. The van der Waals surface area contributed by atoms with E-state index in [1.807, 2.05) is 0 Å². The van der Waals surface area contributed by atoms with Crippen molar-refractivity contribution in [2.75, 3.05) is 25.1 Å². The van der Waals surface area contributed by atoms with Crippen LogP contribution in [0.3, 0.4) is 0 Å². The third-order valence-corrected chi connectivity index (χ3v) is 5.83. The molecule has 2 rings (SSSR count). The van der Waals surface area contributed by atoms with E-state index in [9.17, 15) is 13.2 Å². The second-order valence-corrected chi connectivity index (χ2v) is 7.82. The highest BCUT2D eigenvalue weighted by Gasteiger charge is 2.33. The van der Waals surface area contributed by atoms with Gasteiger partial charge in [0.2, 0.25) is 0 Å². The van der Waals surface area contributed by atoms with Gasteiger partial charge in [-0.2, -0.15) is 0 Å². The van der Waals surface area contributed by atoms with Crippen LogP contribution < -0.4 is 5.73 Å². The van der Waals surface area contributed by atoms with Crippen molar-refractivity contribution < 1.29 is 13.2 Å². The van der Waals surface area contributed by atoms with Gasteiger partial charge < -0.3 is 10.6 Å². The van der Waals surface area contributed by atoms with E-state index in [1.165, 1.54) is 16.2 Å². The summed E-state index contributed by atoms with van der Waals surface area (Å²) >= 11 is 1.38. The molecule has 2 heterocycles. The molecule has 0 bridgehead atoms. The molecule has 5 nitrogen and oxygen atoms in total.